The van der Waals surface area contributed by atoms with Crippen LogP contribution in [0.25, 0.3) is 55.6 Å². The van der Waals surface area contributed by atoms with E-state index in [1.165, 1.54) is 124 Å². The molecular formula is C59H46BNS. The van der Waals surface area contributed by atoms with Crippen LogP contribution in [0.1, 0.15) is 31.7 Å². The van der Waals surface area contributed by atoms with Crippen LogP contribution in [0.15, 0.2) is 222 Å². The van der Waals surface area contributed by atoms with E-state index in [-0.39, 0.29) is 6.71 Å². The third-order valence-corrected chi connectivity index (χ3v) is 13.9. The van der Waals surface area contributed by atoms with Crippen LogP contribution in [0.2, 0.25) is 0 Å². The molecule has 0 aliphatic carbocycles. The van der Waals surface area contributed by atoms with Crippen molar-refractivity contribution in [3.05, 3.63) is 218 Å². The molecule has 0 saturated heterocycles. The number of nitrogens with zero attached hydrogens (tertiary/aromatic N) is 1. The quantitative estimate of drug-likeness (QED) is 0.1000. The second-order valence-electron chi connectivity index (χ2n) is 16.6. The minimum atomic E-state index is 0.0449. The standard InChI is InChI=1S/C59H46BNS/c1-2-3-9-20-41-35-55-58-57(36-41)62-56-34-32-48(43-23-12-5-13-24-43)40-53(56)60(58)52-39-47(42-21-10-4-11-22-42)31-33-54(52)61(55)59-50(45-27-16-7-17-28-45)37-49(44-25-14-6-15-26-44)38-51(59)46-29-18-8-19-30-46/h4-8,10-19,21-40H,2-3,9,20H2,1H3. The molecular weight excluding hydrogens is 766 g/mol. The molecule has 0 atom stereocenters. The van der Waals surface area contributed by atoms with Gasteiger partial charge in [0, 0.05) is 32.3 Å². The fourth-order valence-corrected chi connectivity index (χ4v) is 11.0. The number of anilines is 3. The van der Waals surface area contributed by atoms with E-state index in [0.29, 0.717) is 0 Å². The Bertz CT molecular complexity index is 2980. The van der Waals surface area contributed by atoms with Crippen molar-refractivity contribution < 1.29 is 0 Å². The van der Waals surface area contributed by atoms with Gasteiger partial charge in [0.15, 0.2) is 0 Å². The van der Waals surface area contributed by atoms with Crippen LogP contribution >= 0.6 is 11.8 Å². The minimum Gasteiger partial charge on any atom is -0.310 e. The normalized spacial score (nSPS) is 12.4. The molecule has 0 fully saturated rings. The smallest absolute Gasteiger partial charge is 0.249 e. The Balaban J connectivity index is 1.25. The van der Waals surface area contributed by atoms with Crippen LogP contribution < -0.4 is 21.3 Å². The van der Waals surface area contributed by atoms with Crippen molar-refractivity contribution in [2.24, 2.45) is 0 Å². The van der Waals surface area contributed by atoms with Gasteiger partial charge in [-0.05, 0) is 110 Å². The molecule has 0 aromatic heterocycles. The number of hydrogen-bond acceptors (Lipinski definition) is 2. The highest BCUT2D eigenvalue weighted by molar-refractivity contribution is 8.00. The fraction of sp³-hybridized carbons (Fsp3) is 0.0847. The lowest BCUT2D eigenvalue weighted by atomic mass is 9.34. The number of benzene rings is 9. The molecule has 296 valence electrons. The summed E-state index contributed by atoms with van der Waals surface area (Å²) in [6.45, 7) is 2.35. The summed E-state index contributed by atoms with van der Waals surface area (Å²) in [5, 5.41) is 0. The van der Waals surface area contributed by atoms with E-state index in [9.17, 15) is 0 Å². The van der Waals surface area contributed by atoms with Crippen molar-refractivity contribution in [3.63, 3.8) is 0 Å². The first-order valence-corrected chi connectivity index (χ1v) is 22.9. The van der Waals surface area contributed by atoms with E-state index in [1.807, 2.05) is 11.8 Å². The summed E-state index contributed by atoms with van der Waals surface area (Å²) in [7, 11) is 0. The number of rotatable bonds is 10. The molecule has 0 spiro atoms. The van der Waals surface area contributed by atoms with Gasteiger partial charge in [0.05, 0.1) is 5.69 Å². The molecule has 0 radical (unpaired) electrons. The van der Waals surface area contributed by atoms with E-state index in [1.54, 1.807) is 0 Å². The van der Waals surface area contributed by atoms with Gasteiger partial charge in [-0.3, -0.25) is 0 Å². The Morgan fingerprint density at radius 3 is 1.45 bits per heavy atom. The summed E-state index contributed by atoms with van der Waals surface area (Å²) in [5.41, 5.74) is 21.4. The maximum absolute atomic E-state index is 2.66. The molecule has 1 nitrogen and oxygen atoms in total. The Kier molecular flexibility index (Phi) is 10.2. The predicted octanol–water partition coefficient (Wildman–Crippen LogP) is 14.5. The van der Waals surface area contributed by atoms with Crippen molar-refractivity contribution in [2.45, 2.75) is 42.4 Å². The first kappa shape index (κ1) is 38.1. The van der Waals surface area contributed by atoms with Gasteiger partial charge in [-0.25, -0.2) is 0 Å². The fourth-order valence-electron chi connectivity index (χ4n) is 9.74. The van der Waals surface area contributed by atoms with Gasteiger partial charge < -0.3 is 4.90 Å². The van der Waals surface area contributed by atoms with E-state index < -0.39 is 0 Å². The Morgan fingerprint density at radius 1 is 0.403 bits per heavy atom. The second kappa shape index (κ2) is 16.6. The summed E-state index contributed by atoms with van der Waals surface area (Å²) >= 11 is 1.95. The molecule has 3 heteroatoms. The van der Waals surface area contributed by atoms with E-state index in [4.69, 9.17) is 0 Å². The topological polar surface area (TPSA) is 3.24 Å². The number of hydrogen-bond donors (Lipinski definition) is 0. The number of aryl methyl sites for hydroxylation is 1. The maximum atomic E-state index is 2.66. The monoisotopic (exact) mass is 811 g/mol. The van der Waals surface area contributed by atoms with Crippen LogP contribution in [-0.2, 0) is 6.42 Å². The van der Waals surface area contributed by atoms with Gasteiger partial charge >= 0.3 is 0 Å². The molecule has 9 aromatic rings. The Hall–Kier alpha value is -6.81. The molecule has 2 heterocycles. The zero-order valence-electron chi connectivity index (χ0n) is 35.0. The zero-order chi connectivity index (χ0) is 41.4. The SMILES string of the molecule is CCCCCc1cc2c3c(c1)N(c1c(-c4ccccc4)cc(-c4ccccc4)cc1-c1ccccc1)c1ccc(-c4ccccc4)cc1B3c1cc(-c3ccccc3)ccc1S2. The highest BCUT2D eigenvalue weighted by Gasteiger charge is 2.42. The lowest BCUT2D eigenvalue weighted by molar-refractivity contribution is 0.717. The Morgan fingerprint density at radius 2 is 0.903 bits per heavy atom. The van der Waals surface area contributed by atoms with E-state index >= 15 is 0 Å². The van der Waals surface area contributed by atoms with Gasteiger partial charge in [0.1, 0.15) is 0 Å². The molecule has 0 unspecified atom stereocenters. The summed E-state index contributed by atoms with van der Waals surface area (Å²) < 4.78 is 0. The summed E-state index contributed by atoms with van der Waals surface area (Å²) in [6.07, 6.45) is 4.65. The molecule has 0 N–H and O–H groups in total. The minimum absolute atomic E-state index is 0.0449. The number of unbranched alkanes of at least 4 members (excludes halogenated alkanes) is 2. The maximum Gasteiger partial charge on any atom is 0.249 e. The highest BCUT2D eigenvalue weighted by atomic mass is 32.2. The molecule has 0 amide bonds. The molecule has 62 heavy (non-hydrogen) atoms. The van der Waals surface area contributed by atoms with Crippen LogP contribution in [0.5, 0.6) is 0 Å². The van der Waals surface area contributed by atoms with Crippen molar-refractivity contribution in [1.82, 2.24) is 0 Å². The lowest BCUT2D eigenvalue weighted by Crippen LogP contribution is -2.60. The van der Waals surface area contributed by atoms with Gasteiger partial charge in [-0.1, -0.05) is 213 Å². The Labute approximate surface area is 370 Å². The van der Waals surface area contributed by atoms with Crippen molar-refractivity contribution >= 4 is 51.9 Å². The van der Waals surface area contributed by atoms with E-state index in [2.05, 4.69) is 224 Å². The molecule has 9 aromatic carbocycles. The average molecular weight is 812 g/mol. The van der Waals surface area contributed by atoms with Gasteiger partial charge in [0.2, 0.25) is 6.71 Å². The second-order valence-corrected chi connectivity index (χ2v) is 17.7. The predicted molar refractivity (Wildman–Crippen MR) is 267 cm³/mol. The van der Waals surface area contributed by atoms with Gasteiger partial charge in [-0.2, -0.15) is 0 Å². The molecule has 11 rings (SSSR count). The summed E-state index contributed by atoms with van der Waals surface area (Å²) in [6, 6.07) is 79.1. The third kappa shape index (κ3) is 6.97. The highest BCUT2D eigenvalue weighted by Crippen LogP contribution is 2.51. The van der Waals surface area contributed by atoms with Crippen LogP contribution in [0.4, 0.5) is 17.1 Å². The van der Waals surface area contributed by atoms with Crippen LogP contribution in [-0.4, -0.2) is 6.71 Å². The van der Waals surface area contributed by atoms with E-state index in [0.717, 1.165) is 6.42 Å². The largest absolute Gasteiger partial charge is 0.310 e. The van der Waals surface area contributed by atoms with Crippen molar-refractivity contribution in [2.75, 3.05) is 4.90 Å². The first-order valence-electron chi connectivity index (χ1n) is 22.1. The zero-order valence-corrected chi connectivity index (χ0v) is 35.8. The molecule has 2 aliphatic rings. The van der Waals surface area contributed by atoms with Crippen molar-refractivity contribution in [3.8, 4) is 55.6 Å². The lowest BCUT2D eigenvalue weighted by Gasteiger charge is -2.42. The van der Waals surface area contributed by atoms with Crippen LogP contribution in [0.3, 0.4) is 0 Å². The molecule has 0 saturated carbocycles. The molecule has 2 aliphatic heterocycles. The summed E-state index contributed by atoms with van der Waals surface area (Å²) in [4.78, 5) is 5.36. The number of fused-ring (bicyclic) bond motifs is 4. The average Bonchev–Trinajstić information content (AvgIpc) is 3.34. The molecule has 0 bridgehead atoms. The van der Waals surface area contributed by atoms with Crippen LogP contribution in [0, 0.1) is 0 Å². The van der Waals surface area contributed by atoms with Gasteiger partial charge in [0.25, 0.3) is 0 Å². The van der Waals surface area contributed by atoms with Gasteiger partial charge in [-0.15, -0.1) is 0 Å². The summed E-state index contributed by atoms with van der Waals surface area (Å²) in [5.74, 6) is 0. The third-order valence-electron chi connectivity index (χ3n) is 12.7. The van der Waals surface area contributed by atoms with Crippen molar-refractivity contribution in [1.29, 1.82) is 0 Å². The first-order chi connectivity index (χ1) is 30.7.